The number of carboxylic acids is 1. The molecular weight excluding hydrogens is 296 g/mol. The molecule has 0 spiro atoms. The van der Waals surface area contributed by atoms with Crippen LogP contribution in [-0.4, -0.2) is 31.6 Å². The largest absolute Gasteiger partial charge is 0.477 e. The fourth-order valence-corrected chi connectivity index (χ4v) is 2.28. The van der Waals surface area contributed by atoms with E-state index in [0.29, 0.717) is 11.3 Å². The first-order valence-corrected chi connectivity index (χ1v) is 6.97. The van der Waals surface area contributed by atoms with Crippen LogP contribution in [0.4, 0.5) is 5.82 Å². The number of carbonyl (C=O) groups is 2. The van der Waals surface area contributed by atoms with Crippen molar-refractivity contribution in [3.8, 4) is 0 Å². The molecule has 1 aromatic carbocycles. The van der Waals surface area contributed by atoms with Gasteiger partial charge in [-0.2, -0.15) is 9.61 Å². The van der Waals surface area contributed by atoms with Gasteiger partial charge in [0.15, 0.2) is 11.5 Å². The van der Waals surface area contributed by atoms with Crippen molar-refractivity contribution >= 4 is 23.3 Å². The van der Waals surface area contributed by atoms with Gasteiger partial charge >= 0.3 is 5.97 Å². The van der Waals surface area contributed by atoms with Gasteiger partial charge in [-0.3, -0.25) is 4.79 Å². The van der Waals surface area contributed by atoms with Crippen LogP contribution in [0.1, 0.15) is 21.6 Å². The summed E-state index contributed by atoms with van der Waals surface area (Å²) in [6, 6.07) is 10.9. The first-order chi connectivity index (χ1) is 11.0. The predicted octanol–water partition coefficient (Wildman–Crippen LogP) is 1.92. The molecule has 7 nitrogen and oxygen atoms in total. The number of carboxylic acid groups (broad SMARTS) is 1. The van der Waals surface area contributed by atoms with Gasteiger partial charge in [-0.1, -0.05) is 30.3 Å². The van der Waals surface area contributed by atoms with Crippen LogP contribution in [0.15, 0.2) is 42.6 Å². The van der Waals surface area contributed by atoms with E-state index in [-0.39, 0.29) is 23.7 Å². The van der Waals surface area contributed by atoms with Gasteiger partial charge in [-0.25, -0.2) is 9.78 Å². The maximum absolute atomic E-state index is 12.2. The van der Waals surface area contributed by atoms with E-state index in [1.54, 1.807) is 13.0 Å². The molecule has 3 rings (SSSR count). The number of benzene rings is 1. The van der Waals surface area contributed by atoms with Gasteiger partial charge in [0.2, 0.25) is 5.91 Å². The van der Waals surface area contributed by atoms with E-state index in [4.69, 9.17) is 0 Å². The highest BCUT2D eigenvalue weighted by Crippen LogP contribution is 2.18. The minimum atomic E-state index is -1.18. The molecule has 116 valence electrons. The Morgan fingerprint density at radius 3 is 2.70 bits per heavy atom. The molecule has 0 aliphatic carbocycles. The van der Waals surface area contributed by atoms with Crippen molar-refractivity contribution < 1.29 is 14.7 Å². The Labute approximate surface area is 131 Å². The number of aromatic carboxylic acids is 1. The van der Waals surface area contributed by atoms with E-state index in [1.165, 1.54) is 10.7 Å². The molecule has 0 bridgehead atoms. The van der Waals surface area contributed by atoms with Crippen molar-refractivity contribution in [1.82, 2.24) is 14.6 Å². The number of aryl methyl sites for hydroxylation is 1. The van der Waals surface area contributed by atoms with Crippen LogP contribution in [0.2, 0.25) is 0 Å². The van der Waals surface area contributed by atoms with Crippen LogP contribution in [0.25, 0.3) is 5.65 Å². The van der Waals surface area contributed by atoms with Crippen molar-refractivity contribution in [3.05, 3.63) is 59.4 Å². The van der Waals surface area contributed by atoms with E-state index in [1.807, 2.05) is 30.3 Å². The number of rotatable bonds is 4. The molecule has 0 saturated heterocycles. The third-order valence-electron chi connectivity index (χ3n) is 3.30. The summed E-state index contributed by atoms with van der Waals surface area (Å²) in [5.41, 5.74) is 1.88. The standard InChI is InChI=1S/C16H14N4O3/c1-10-7-13-17-9-12(16(22)23)15(20(13)19-10)18-14(21)8-11-5-3-2-4-6-11/h2-7,9H,8H2,1H3,(H,18,21)(H,22,23). The maximum Gasteiger partial charge on any atom is 0.341 e. The minimum absolute atomic E-state index is 0.108. The average molecular weight is 310 g/mol. The molecule has 0 atom stereocenters. The zero-order valence-corrected chi connectivity index (χ0v) is 12.4. The third-order valence-corrected chi connectivity index (χ3v) is 3.30. The number of nitrogens with zero attached hydrogens (tertiary/aromatic N) is 3. The highest BCUT2D eigenvalue weighted by molar-refractivity contribution is 6.00. The molecule has 0 aliphatic rings. The molecule has 2 aromatic heterocycles. The van der Waals surface area contributed by atoms with E-state index in [2.05, 4.69) is 15.4 Å². The molecule has 0 unspecified atom stereocenters. The zero-order valence-electron chi connectivity index (χ0n) is 12.4. The number of hydrogen-bond donors (Lipinski definition) is 2. The minimum Gasteiger partial charge on any atom is -0.477 e. The number of carbonyl (C=O) groups excluding carboxylic acids is 1. The van der Waals surface area contributed by atoms with Crippen molar-refractivity contribution in [1.29, 1.82) is 0 Å². The van der Waals surface area contributed by atoms with Crippen molar-refractivity contribution in [2.75, 3.05) is 5.32 Å². The molecule has 0 aliphatic heterocycles. The maximum atomic E-state index is 12.2. The van der Waals surface area contributed by atoms with Crippen molar-refractivity contribution in [2.45, 2.75) is 13.3 Å². The van der Waals surface area contributed by atoms with Gasteiger partial charge in [-0.05, 0) is 12.5 Å². The molecule has 23 heavy (non-hydrogen) atoms. The van der Waals surface area contributed by atoms with Gasteiger partial charge in [-0.15, -0.1) is 0 Å². The second kappa shape index (κ2) is 5.88. The summed E-state index contributed by atoms with van der Waals surface area (Å²) in [6.45, 7) is 1.77. The predicted molar refractivity (Wildman–Crippen MR) is 83.5 cm³/mol. The van der Waals surface area contributed by atoms with Crippen LogP contribution in [0, 0.1) is 6.92 Å². The summed E-state index contributed by atoms with van der Waals surface area (Å²) in [5, 5.41) is 16.1. The monoisotopic (exact) mass is 310 g/mol. The lowest BCUT2D eigenvalue weighted by Gasteiger charge is -2.10. The Balaban J connectivity index is 1.96. The third kappa shape index (κ3) is 3.03. The Bertz CT molecular complexity index is 887. The molecule has 7 heteroatoms. The quantitative estimate of drug-likeness (QED) is 0.767. The Morgan fingerprint density at radius 1 is 1.26 bits per heavy atom. The van der Waals surface area contributed by atoms with Gasteiger partial charge in [0, 0.05) is 12.3 Å². The summed E-state index contributed by atoms with van der Waals surface area (Å²) in [6.07, 6.45) is 1.36. The van der Waals surface area contributed by atoms with Crippen LogP contribution in [-0.2, 0) is 11.2 Å². The highest BCUT2D eigenvalue weighted by atomic mass is 16.4. The number of fused-ring (bicyclic) bond motifs is 1. The number of hydrogen-bond acceptors (Lipinski definition) is 4. The van der Waals surface area contributed by atoms with Gasteiger partial charge in [0.1, 0.15) is 5.56 Å². The lowest BCUT2D eigenvalue weighted by molar-refractivity contribution is -0.115. The molecule has 1 amide bonds. The molecule has 2 N–H and O–H groups in total. The lowest BCUT2D eigenvalue weighted by Crippen LogP contribution is -2.20. The van der Waals surface area contributed by atoms with Crippen molar-refractivity contribution in [2.24, 2.45) is 0 Å². The Morgan fingerprint density at radius 2 is 2.00 bits per heavy atom. The second-order valence-corrected chi connectivity index (χ2v) is 5.09. The fourth-order valence-electron chi connectivity index (χ4n) is 2.28. The molecule has 0 saturated carbocycles. The fraction of sp³-hybridized carbons (Fsp3) is 0.125. The van der Waals surface area contributed by atoms with E-state index >= 15 is 0 Å². The van der Waals surface area contributed by atoms with E-state index in [9.17, 15) is 14.7 Å². The number of aromatic nitrogens is 3. The Hall–Kier alpha value is -3.22. The van der Waals surface area contributed by atoms with E-state index in [0.717, 1.165) is 5.56 Å². The zero-order chi connectivity index (χ0) is 16.4. The van der Waals surface area contributed by atoms with Gasteiger partial charge in [0.05, 0.1) is 12.1 Å². The summed E-state index contributed by atoms with van der Waals surface area (Å²) in [7, 11) is 0. The molecule has 0 fully saturated rings. The molecule has 0 radical (unpaired) electrons. The number of anilines is 1. The number of nitrogens with one attached hydrogen (secondary N) is 1. The summed E-state index contributed by atoms with van der Waals surface area (Å²) < 4.78 is 1.34. The van der Waals surface area contributed by atoms with Crippen molar-refractivity contribution in [3.63, 3.8) is 0 Å². The first-order valence-electron chi connectivity index (χ1n) is 6.97. The summed E-state index contributed by atoms with van der Waals surface area (Å²) in [4.78, 5) is 27.7. The summed E-state index contributed by atoms with van der Waals surface area (Å²) >= 11 is 0. The summed E-state index contributed by atoms with van der Waals surface area (Å²) in [5.74, 6) is -1.39. The van der Waals surface area contributed by atoms with E-state index < -0.39 is 5.97 Å². The smallest absolute Gasteiger partial charge is 0.341 e. The van der Waals surface area contributed by atoms with Crippen LogP contribution >= 0.6 is 0 Å². The molecule has 2 heterocycles. The number of amides is 1. The Kier molecular flexibility index (Phi) is 3.76. The molecular formula is C16H14N4O3. The lowest BCUT2D eigenvalue weighted by atomic mass is 10.1. The van der Waals surface area contributed by atoms with Crippen LogP contribution in [0.5, 0.6) is 0 Å². The highest BCUT2D eigenvalue weighted by Gasteiger charge is 2.18. The SMILES string of the molecule is Cc1cc2ncc(C(=O)O)c(NC(=O)Cc3ccccc3)n2n1. The molecule has 3 aromatic rings. The van der Waals surface area contributed by atoms with Crippen LogP contribution in [0.3, 0.4) is 0 Å². The topological polar surface area (TPSA) is 96.6 Å². The first kappa shape index (κ1) is 14.7. The average Bonchev–Trinajstić information content (AvgIpc) is 2.89. The second-order valence-electron chi connectivity index (χ2n) is 5.09. The van der Waals surface area contributed by atoms with Gasteiger partial charge < -0.3 is 10.4 Å². The van der Waals surface area contributed by atoms with Gasteiger partial charge in [0.25, 0.3) is 0 Å². The van der Waals surface area contributed by atoms with Crippen LogP contribution < -0.4 is 5.32 Å². The normalized spacial score (nSPS) is 10.7.